The number of carbonyl (C=O) groups excluding carboxylic acids is 3. The molecule has 0 amide bonds. The summed E-state index contributed by atoms with van der Waals surface area (Å²) in [6, 6.07) is 0. The first kappa shape index (κ1) is 19.2. The van der Waals surface area contributed by atoms with Gasteiger partial charge < -0.3 is 19.3 Å². The fourth-order valence-corrected chi connectivity index (χ4v) is 7.60. The van der Waals surface area contributed by atoms with Gasteiger partial charge in [-0.1, -0.05) is 20.4 Å². The van der Waals surface area contributed by atoms with Gasteiger partial charge in [-0.15, -0.1) is 0 Å². The Morgan fingerprint density at radius 1 is 1.28 bits per heavy atom. The molecular weight excluding hydrogens is 376 g/mol. The maximum atomic E-state index is 13.3. The third kappa shape index (κ3) is 2.08. The summed E-state index contributed by atoms with van der Waals surface area (Å²) in [6.45, 7) is 9.48. The number of allylic oxidation sites excluding steroid dienone is 1. The van der Waals surface area contributed by atoms with E-state index < -0.39 is 52.6 Å². The van der Waals surface area contributed by atoms with Crippen LogP contribution in [0.3, 0.4) is 0 Å². The van der Waals surface area contributed by atoms with Crippen LogP contribution < -0.4 is 0 Å². The molecule has 0 aromatic carbocycles. The Morgan fingerprint density at radius 2 is 2.00 bits per heavy atom. The molecule has 0 unspecified atom stereocenters. The molecule has 2 aliphatic heterocycles. The highest BCUT2D eigenvalue weighted by atomic mass is 16.6. The number of carbonyl (C=O) groups is 3. The third-order valence-corrected chi connectivity index (χ3v) is 8.75. The number of hydrogen-bond acceptors (Lipinski definition) is 7. The fraction of sp³-hybridized carbons (Fsp3) is 0.773. The molecule has 2 spiro atoms. The van der Waals surface area contributed by atoms with Gasteiger partial charge in [-0.3, -0.25) is 14.4 Å². The Morgan fingerprint density at radius 3 is 2.69 bits per heavy atom. The molecule has 5 rings (SSSR count). The van der Waals surface area contributed by atoms with E-state index in [1.807, 2.05) is 13.8 Å². The van der Waals surface area contributed by atoms with Crippen molar-refractivity contribution in [3.63, 3.8) is 0 Å². The van der Waals surface area contributed by atoms with Crippen LogP contribution >= 0.6 is 0 Å². The van der Waals surface area contributed by atoms with Crippen molar-refractivity contribution in [3.8, 4) is 0 Å². The van der Waals surface area contributed by atoms with Crippen LogP contribution in [0.25, 0.3) is 0 Å². The lowest BCUT2D eigenvalue weighted by molar-refractivity contribution is -0.256. The number of fused-ring (bicyclic) bond motifs is 1. The van der Waals surface area contributed by atoms with Gasteiger partial charge in [-0.05, 0) is 36.7 Å². The molecular formula is C22H28O7. The fourth-order valence-electron chi connectivity index (χ4n) is 7.60. The number of Topliss-reactive ketones (excluding diaryl/α,β-unsaturated/α-hetero) is 1. The van der Waals surface area contributed by atoms with Gasteiger partial charge in [0.05, 0.1) is 6.61 Å². The summed E-state index contributed by atoms with van der Waals surface area (Å²) in [5.41, 5.74) is -1.98. The maximum absolute atomic E-state index is 13.3. The number of aliphatic hydroxyl groups excluding tert-OH is 1. The lowest BCUT2D eigenvalue weighted by Crippen LogP contribution is -2.70. The molecule has 158 valence electrons. The van der Waals surface area contributed by atoms with E-state index in [4.69, 9.17) is 14.2 Å². The van der Waals surface area contributed by atoms with Crippen molar-refractivity contribution in [3.05, 3.63) is 12.2 Å². The van der Waals surface area contributed by atoms with Crippen LogP contribution in [0.15, 0.2) is 12.2 Å². The SMILES string of the molecule is C=C1C(=O)[C@@]23C[C@H]1CC[C@H]2[C@@]12CO[C@H](O)[C@@H]1C(C)(C)[C@H](OC(C)=O)C[C@H]2OC3=O. The molecule has 2 saturated heterocycles. The predicted molar refractivity (Wildman–Crippen MR) is 99.1 cm³/mol. The quantitative estimate of drug-likeness (QED) is 0.404. The van der Waals surface area contributed by atoms with Crippen molar-refractivity contribution < 1.29 is 33.7 Å². The van der Waals surface area contributed by atoms with Gasteiger partial charge in [0, 0.05) is 30.1 Å². The zero-order valence-corrected chi connectivity index (χ0v) is 17.1. The van der Waals surface area contributed by atoms with Gasteiger partial charge in [0.25, 0.3) is 0 Å². The summed E-state index contributed by atoms with van der Waals surface area (Å²) in [7, 11) is 0. The second kappa shape index (κ2) is 5.70. The van der Waals surface area contributed by atoms with Crippen molar-refractivity contribution in [1.82, 2.24) is 0 Å². The van der Waals surface area contributed by atoms with E-state index in [2.05, 4.69) is 6.58 Å². The predicted octanol–water partition coefficient (Wildman–Crippen LogP) is 1.77. The molecule has 8 atom stereocenters. The Balaban J connectivity index is 1.66. The normalized spacial score (nSPS) is 49.7. The first-order chi connectivity index (χ1) is 13.6. The average Bonchev–Trinajstić information content (AvgIpc) is 3.09. The number of aliphatic hydroxyl groups is 1. The highest BCUT2D eigenvalue weighted by molar-refractivity contribution is 6.15. The zero-order valence-electron chi connectivity index (χ0n) is 17.1. The lowest BCUT2D eigenvalue weighted by Gasteiger charge is -2.62. The first-order valence-corrected chi connectivity index (χ1v) is 10.5. The van der Waals surface area contributed by atoms with Gasteiger partial charge in [-0.25, -0.2) is 0 Å². The summed E-state index contributed by atoms with van der Waals surface area (Å²) in [6.07, 6.45) is 0.125. The maximum Gasteiger partial charge on any atom is 0.320 e. The standard InChI is InChI=1S/C22H28O7/c1-10-12-5-6-13-21(8-12,17(10)24)19(26)29-15-7-14(28-11(2)23)20(3,4)16-18(25)27-9-22(13,15)16/h12-16,18,25H,1,5-9H2,2-4H3/t12-,13-,14-,15-,16-,18+,21-,22-/m1/s1. The third-order valence-electron chi connectivity index (χ3n) is 8.75. The number of rotatable bonds is 1. The smallest absolute Gasteiger partial charge is 0.320 e. The van der Waals surface area contributed by atoms with E-state index in [0.29, 0.717) is 24.8 Å². The summed E-state index contributed by atoms with van der Waals surface area (Å²) in [5.74, 6) is -1.76. The van der Waals surface area contributed by atoms with Crippen LogP contribution in [0.5, 0.6) is 0 Å². The Hall–Kier alpha value is -1.73. The van der Waals surface area contributed by atoms with Crippen LogP contribution in [-0.4, -0.2) is 47.9 Å². The minimum absolute atomic E-state index is 0.0235. The van der Waals surface area contributed by atoms with E-state index in [-0.39, 0.29) is 24.2 Å². The largest absolute Gasteiger partial charge is 0.462 e. The highest BCUT2D eigenvalue weighted by Gasteiger charge is 2.78. The van der Waals surface area contributed by atoms with Gasteiger partial charge in [0.15, 0.2) is 12.1 Å². The number of hydrogen-bond donors (Lipinski definition) is 1. The summed E-state index contributed by atoms with van der Waals surface area (Å²) < 4.78 is 17.4. The highest BCUT2D eigenvalue weighted by Crippen LogP contribution is 2.71. The second-order valence-electron chi connectivity index (χ2n) is 10.2. The average molecular weight is 404 g/mol. The van der Waals surface area contributed by atoms with Crippen LogP contribution in [-0.2, 0) is 28.6 Å². The molecule has 0 aromatic rings. The van der Waals surface area contributed by atoms with Crippen molar-refractivity contribution in [1.29, 1.82) is 0 Å². The molecule has 0 aromatic heterocycles. The van der Waals surface area contributed by atoms with Gasteiger partial charge in [-0.2, -0.15) is 0 Å². The van der Waals surface area contributed by atoms with E-state index in [1.165, 1.54) is 6.92 Å². The zero-order chi connectivity index (χ0) is 20.9. The van der Waals surface area contributed by atoms with Crippen LogP contribution in [0, 0.1) is 34.0 Å². The van der Waals surface area contributed by atoms with Crippen molar-refractivity contribution in [2.75, 3.05) is 6.61 Å². The van der Waals surface area contributed by atoms with Gasteiger partial charge in [0.1, 0.15) is 17.6 Å². The van der Waals surface area contributed by atoms with Gasteiger partial charge >= 0.3 is 11.9 Å². The number of ketones is 1. The molecule has 3 saturated carbocycles. The molecule has 0 radical (unpaired) electrons. The summed E-state index contributed by atoms with van der Waals surface area (Å²) in [4.78, 5) is 38.3. The van der Waals surface area contributed by atoms with Crippen molar-refractivity contribution in [2.24, 2.45) is 34.0 Å². The van der Waals surface area contributed by atoms with Crippen LogP contribution in [0.1, 0.15) is 46.5 Å². The Kier molecular flexibility index (Phi) is 3.78. The molecule has 1 N–H and O–H groups in total. The molecule has 2 heterocycles. The van der Waals surface area contributed by atoms with E-state index in [0.717, 1.165) is 6.42 Å². The summed E-state index contributed by atoms with van der Waals surface area (Å²) in [5, 5.41) is 10.9. The minimum atomic E-state index is -1.22. The topological polar surface area (TPSA) is 99.1 Å². The molecule has 5 fully saturated rings. The van der Waals surface area contributed by atoms with Crippen molar-refractivity contribution >= 4 is 17.7 Å². The van der Waals surface area contributed by atoms with Gasteiger partial charge in [0.2, 0.25) is 0 Å². The molecule has 7 nitrogen and oxygen atoms in total. The first-order valence-electron chi connectivity index (χ1n) is 10.5. The van der Waals surface area contributed by atoms with E-state index >= 15 is 0 Å². The Bertz CT molecular complexity index is 831. The minimum Gasteiger partial charge on any atom is -0.462 e. The van der Waals surface area contributed by atoms with Crippen molar-refractivity contribution in [2.45, 2.75) is 65.0 Å². The summed E-state index contributed by atoms with van der Waals surface area (Å²) >= 11 is 0. The van der Waals surface area contributed by atoms with E-state index in [9.17, 15) is 19.5 Å². The van der Waals surface area contributed by atoms with Crippen LogP contribution in [0.4, 0.5) is 0 Å². The van der Waals surface area contributed by atoms with E-state index in [1.54, 1.807) is 0 Å². The monoisotopic (exact) mass is 404 g/mol. The number of esters is 2. The number of ether oxygens (including phenoxy) is 3. The lowest BCUT2D eigenvalue weighted by atomic mass is 9.43. The molecule has 3 aliphatic carbocycles. The molecule has 5 aliphatic rings. The van der Waals surface area contributed by atoms with Crippen LogP contribution in [0.2, 0.25) is 0 Å². The molecule has 29 heavy (non-hydrogen) atoms. The molecule has 2 bridgehead atoms. The molecule has 7 heteroatoms. The second-order valence-corrected chi connectivity index (χ2v) is 10.2. The Labute approximate surface area is 169 Å².